The van der Waals surface area contributed by atoms with Crippen LogP contribution in [0.2, 0.25) is 0 Å². The van der Waals surface area contributed by atoms with Gasteiger partial charge in [-0.15, -0.1) is 0 Å². The van der Waals surface area contributed by atoms with Gasteiger partial charge in [0.25, 0.3) is 11.5 Å². The Morgan fingerprint density at radius 1 is 1.17 bits per heavy atom. The highest BCUT2D eigenvalue weighted by atomic mass is 16.4. The van der Waals surface area contributed by atoms with Gasteiger partial charge in [0.1, 0.15) is 17.3 Å². The molecule has 11 N–H and O–H groups in total. The fourth-order valence-corrected chi connectivity index (χ4v) is 2.96. The van der Waals surface area contributed by atoms with Gasteiger partial charge in [-0.25, -0.2) is 9.78 Å². The second-order valence-electron chi connectivity index (χ2n) is 7.11. The van der Waals surface area contributed by atoms with E-state index >= 15 is 0 Å². The topological polar surface area (TPSA) is 266 Å². The van der Waals surface area contributed by atoms with Crippen molar-refractivity contribution in [3.05, 3.63) is 45.9 Å². The van der Waals surface area contributed by atoms with Crippen molar-refractivity contribution in [3.63, 3.8) is 0 Å². The minimum Gasteiger partial charge on any atom is -0.481 e. The quantitative estimate of drug-likeness (QED) is 0.204. The smallest absolute Gasteiger partial charge is 0.326 e. The molecular formula is C20H25N9O6. The summed E-state index contributed by atoms with van der Waals surface area (Å²) in [5, 5.41) is 20.2. The maximum Gasteiger partial charge on any atom is 0.326 e. The maximum absolute atomic E-state index is 12.5. The summed E-state index contributed by atoms with van der Waals surface area (Å²) in [5.41, 5.74) is 10.5. The lowest BCUT2D eigenvalue weighted by Gasteiger charge is -2.19. The molecule has 3 rings (SSSR count). The normalized spacial score (nSPS) is 13.0. The van der Waals surface area contributed by atoms with Crippen LogP contribution in [0.3, 0.4) is 0 Å². The number of nitrogens with zero attached hydrogens (tertiary/aromatic N) is 4. The summed E-state index contributed by atoms with van der Waals surface area (Å²) in [6, 6.07) is 3.67. The van der Waals surface area contributed by atoms with Crippen LogP contribution in [0.5, 0.6) is 0 Å². The van der Waals surface area contributed by atoms with Crippen LogP contribution in [0.25, 0.3) is 11.2 Å². The van der Waals surface area contributed by atoms with E-state index in [4.69, 9.17) is 20.7 Å². The highest BCUT2D eigenvalue weighted by Gasteiger charge is 2.22. The molecule has 15 heteroatoms. The number of anilines is 3. The third kappa shape index (κ3) is 6.38. The van der Waals surface area contributed by atoms with Gasteiger partial charge < -0.3 is 43.0 Å². The Hall–Kier alpha value is -4.79. The van der Waals surface area contributed by atoms with Gasteiger partial charge in [-0.05, 0) is 30.7 Å². The number of aromatic amines is 1. The number of carbonyl (C=O) groups excluding carboxylic acids is 1. The molecule has 1 aromatic carbocycles. The number of carboxylic acids is 2. The van der Waals surface area contributed by atoms with Crippen molar-refractivity contribution in [2.75, 3.05) is 23.3 Å². The van der Waals surface area contributed by atoms with Crippen LogP contribution in [0.15, 0.2) is 29.1 Å². The van der Waals surface area contributed by atoms with Gasteiger partial charge in [0, 0.05) is 28.8 Å². The first kappa shape index (κ1) is 22.0. The summed E-state index contributed by atoms with van der Waals surface area (Å²) in [5.74, 6) is -3.71. The van der Waals surface area contributed by atoms with E-state index < -0.39 is 49.4 Å². The lowest BCUT2D eigenvalue weighted by atomic mass is 10.1. The number of nitrogens with two attached hydrogens (primary N) is 2. The zero-order valence-electron chi connectivity index (χ0n) is 21.2. The van der Waals surface area contributed by atoms with E-state index in [2.05, 4.69) is 25.3 Å². The first-order valence-electron chi connectivity index (χ1n) is 11.2. The van der Waals surface area contributed by atoms with Crippen LogP contribution in [-0.4, -0.2) is 61.0 Å². The number of aromatic nitrogens is 4. The molecule has 0 spiro atoms. The zero-order valence-corrected chi connectivity index (χ0v) is 18.2. The van der Waals surface area contributed by atoms with E-state index in [1.165, 1.54) is 24.3 Å². The minimum absolute atomic E-state index is 0. The number of benzene rings is 1. The molecule has 0 saturated carbocycles. The van der Waals surface area contributed by atoms with E-state index in [0.29, 0.717) is 0 Å². The molecule has 0 radical (unpaired) electrons. The van der Waals surface area contributed by atoms with Crippen LogP contribution in [0.1, 0.15) is 33.0 Å². The molecule has 0 aliphatic rings. The molecule has 15 nitrogen and oxygen atoms in total. The molecule has 3 aromatic rings. The molecule has 1 amide bonds. The fourth-order valence-electron chi connectivity index (χ4n) is 2.96. The fraction of sp³-hybridized carbons (Fsp3) is 0.250. The predicted molar refractivity (Wildman–Crippen MR) is 126 cm³/mol. The van der Waals surface area contributed by atoms with Gasteiger partial charge >= 0.3 is 11.9 Å². The van der Waals surface area contributed by atoms with Gasteiger partial charge in [0.15, 0.2) is 11.5 Å². The van der Waals surface area contributed by atoms with Crippen LogP contribution < -0.4 is 33.4 Å². The second kappa shape index (κ2) is 10.9. The molecule has 0 unspecified atom stereocenters. The Bertz CT molecular complexity index is 1410. The summed E-state index contributed by atoms with van der Waals surface area (Å²) < 4.78 is 23.7. The minimum atomic E-state index is -2.73. The van der Waals surface area contributed by atoms with Crippen molar-refractivity contribution >= 4 is 46.5 Å². The standard InChI is InChI=1S/C20H22N8O6.H3N/c1-28(8-12-18(32)26-16-14(23-12)15(21)25-20(22)27-16)10-4-2-9(3-5-10)17(31)24-11(19(33)34)6-7-13(29)30;/h2-5,11H,6-8H2,1H3,(H,24,31)(H,29,30)(H,33,34)(H5,21,22,25,26,27,32);1H3/t11-;/m0./s1/i1D3;. The molecular weight excluding hydrogens is 462 g/mol. The zero-order chi connectivity index (χ0) is 27.5. The van der Waals surface area contributed by atoms with E-state index in [-0.39, 0.29) is 52.4 Å². The Morgan fingerprint density at radius 3 is 2.46 bits per heavy atom. The number of rotatable bonds is 9. The number of nitrogen functional groups attached to an aromatic ring is 2. The highest BCUT2D eigenvalue weighted by molar-refractivity contribution is 5.97. The van der Waals surface area contributed by atoms with Crippen LogP contribution in [0.4, 0.5) is 17.5 Å². The number of carbonyl (C=O) groups is 3. The lowest BCUT2D eigenvalue weighted by molar-refractivity contribution is -0.140. The average molecular weight is 490 g/mol. The predicted octanol–water partition coefficient (Wildman–Crippen LogP) is -0.276. The first-order valence-corrected chi connectivity index (χ1v) is 9.71. The van der Waals surface area contributed by atoms with E-state index in [1.54, 1.807) is 0 Å². The van der Waals surface area contributed by atoms with E-state index in [0.717, 1.165) is 4.90 Å². The van der Waals surface area contributed by atoms with E-state index in [1.807, 2.05) is 0 Å². The van der Waals surface area contributed by atoms with Crippen LogP contribution >= 0.6 is 0 Å². The molecule has 2 heterocycles. The molecule has 0 aliphatic heterocycles. The summed E-state index contributed by atoms with van der Waals surface area (Å²) in [7, 11) is 0. The Balaban J connectivity index is 0.00000507. The van der Waals surface area contributed by atoms with E-state index in [9.17, 15) is 24.3 Å². The molecule has 35 heavy (non-hydrogen) atoms. The van der Waals surface area contributed by atoms with Crippen molar-refractivity contribution in [3.8, 4) is 0 Å². The first-order chi connectivity index (χ1) is 17.3. The molecule has 0 saturated heterocycles. The number of nitrogens with one attached hydrogen (secondary N) is 2. The van der Waals surface area contributed by atoms with Crippen LogP contribution in [-0.2, 0) is 16.1 Å². The third-order valence-corrected chi connectivity index (χ3v) is 4.67. The highest BCUT2D eigenvalue weighted by Crippen LogP contribution is 2.17. The third-order valence-electron chi connectivity index (χ3n) is 4.67. The largest absolute Gasteiger partial charge is 0.481 e. The number of hydrogen-bond acceptors (Lipinski definition) is 11. The summed E-state index contributed by atoms with van der Waals surface area (Å²) >= 11 is 0. The SMILES string of the molecule is N.[2H]C([2H])([2H])N(Cc1nc2c(N)nc(N)nc2[nH]c1=O)c1ccc(C(=O)N[C@@H](CCC(=O)O)C(=O)O)cc1. The van der Waals surface area contributed by atoms with Crippen molar-refractivity contribution in [2.45, 2.75) is 25.4 Å². The van der Waals surface area contributed by atoms with Gasteiger partial charge in [-0.1, -0.05) is 0 Å². The van der Waals surface area contributed by atoms with Gasteiger partial charge in [-0.3, -0.25) is 14.4 Å². The van der Waals surface area contributed by atoms with Gasteiger partial charge in [-0.2, -0.15) is 9.97 Å². The lowest BCUT2D eigenvalue weighted by Crippen LogP contribution is -2.41. The van der Waals surface area contributed by atoms with Crippen molar-refractivity contribution in [1.82, 2.24) is 31.4 Å². The summed E-state index contributed by atoms with van der Waals surface area (Å²) in [6.45, 7) is -3.21. The number of fused-ring (bicyclic) bond motifs is 1. The van der Waals surface area contributed by atoms with Gasteiger partial charge in [0.2, 0.25) is 5.95 Å². The number of carboxylic acid groups (broad SMARTS) is 2. The Labute approximate surface area is 202 Å². The molecule has 186 valence electrons. The van der Waals surface area contributed by atoms with Crippen molar-refractivity contribution in [2.24, 2.45) is 0 Å². The van der Waals surface area contributed by atoms with Crippen LogP contribution in [0, 0.1) is 0 Å². The molecule has 0 aliphatic carbocycles. The molecule has 0 bridgehead atoms. The Morgan fingerprint density at radius 2 is 1.86 bits per heavy atom. The maximum atomic E-state index is 12.5. The monoisotopic (exact) mass is 490 g/mol. The second-order valence-corrected chi connectivity index (χ2v) is 7.11. The van der Waals surface area contributed by atoms with Gasteiger partial charge in [0.05, 0.1) is 6.54 Å². The number of H-pyrrole nitrogens is 1. The molecule has 1 atom stereocenters. The summed E-state index contributed by atoms with van der Waals surface area (Å²) in [4.78, 5) is 62.1. The number of aliphatic carboxylic acids is 2. The Kier molecular flexibility index (Phi) is 6.85. The van der Waals surface area contributed by atoms with Crippen molar-refractivity contribution < 1.29 is 28.7 Å². The molecule has 0 fully saturated rings. The summed E-state index contributed by atoms with van der Waals surface area (Å²) in [6.07, 6.45) is -0.784. The average Bonchev–Trinajstić information content (AvgIpc) is 2.79. The number of amides is 1. The molecule has 2 aromatic heterocycles. The van der Waals surface area contributed by atoms with Crippen molar-refractivity contribution in [1.29, 1.82) is 0 Å². The number of hydrogen-bond donors (Lipinski definition) is 7.